The summed E-state index contributed by atoms with van der Waals surface area (Å²) in [6, 6.07) is 14.9. The molecular weight excluding hydrogens is 424 g/mol. The van der Waals surface area contributed by atoms with E-state index in [0.717, 1.165) is 34.8 Å². The highest BCUT2D eigenvalue weighted by atomic mass is 32.1. The third-order valence-electron chi connectivity index (χ3n) is 5.57. The number of ether oxygens (including phenoxy) is 1. The number of piperidine rings is 1. The van der Waals surface area contributed by atoms with Gasteiger partial charge in [0, 0.05) is 30.3 Å². The third-order valence-corrected chi connectivity index (χ3v) is 6.66. The van der Waals surface area contributed by atoms with Gasteiger partial charge in [0.15, 0.2) is 0 Å². The number of rotatable bonds is 6. The van der Waals surface area contributed by atoms with Crippen molar-refractivity contribution < 1.29 is 14.3 Å². The van der Waals surface area contributed by atoms with Gasteiger partial charge in [0.1, 0.15) is 10.8 Å². The molecule has 0 unspecified atom stereocenters. The molecular formula is C24H26N4O3S. The number of carbonyl (C=O) groups is 2. The number of hydrogen-bond acceptors (Lipinski definition) is 6. The van der Waals surface area contributed by atoms with E-state index in [1.807, 2.05) is 67.3 Å². The van der Waals surface area contributed by atoms with Crippen LogP contribution in [-0.2, 0) is 0 Å². The van der Waals surface area contributed by atoms with E-state index < -0.39 is 0 Å². The monoisotopic (exact) mass is 450 g/mol. The number of aromatic nitrogens is 2. The summed E-state index contributed by atoms with van der Waals surface area (Å²) in [4.78, 5) is 27.2. The lowest BCUT2D eigenvalue weighted by molar-refractivity contribution is 0.0712. The molecule has 1 aliphatic heterocycles. The molecule has 0 saturated carbocycles. The van der Waals surface area contributed by atoms with Crippen LogP contribution in [0.15, 0.2) is 48.5 Å². The highest BCUT2D eigenvalue weighted by molar-refractivity contribution is 7.13. The molecule has 0 atom stereocenters. The summed E-state index contributed by atoms with van der Waals surface area (Å²) < 4.78 is 5.44. The Labute approximate surface area is 191 Å². The van der Waals surface area contributed by atoms with E-state index in [1.54, 1.807) is 0 Å². The Bertz CT molecular complexity index is 1090. The molecule has 7 nitrogen and oxygen atoms in total. The molecule has 1 aromatic heterocycles. The summed E-state index contributed by atoms with van der Waals surface area (Å²) in [6.45, 7) is 5.79. The van der Waals surface area contributed by atoms with Gasteiger partial charge in [-0.05, 0) is 62.6 Å². The van der Waals surface area contributed by atoms with E-state index in [9.17, 15) is 9.59 Å². The van der Waals surface area contributed by atoms with Crippen molar-refractivity contribution in [3.8, 4) is 5.75 Å². The number of anilines is 1. The molecule has 1 aliphatic rings. The van der Waals surface area contributed by atoms with Crippen molar-refractivity contribution in [3.63, 3.8) is 0 Å². The molecule has 0 spiro atoms. The molecule has 166 valence electrons. The Kier molecular flexibility index (Phi) is 6.80. The van der Waals surface area contributed by atoms with Gasteiger partial charge in [-0.1, -0.05) is 29.5 Å². The third kappa shape index (κ3) is 4.96. The standard InChI is InChI=1S/C24H26N4O3S/c1-3-31-19-10-8-18(9-11-19)24(30)28-14-12-17(13-15-28)22-26-27-23(32-22)21(29)25-20-7-5-4-6-16(20)2/h4-11,17H,3,12-15H2,1-2H3,(H,25,29). The topological polar surface area (TPSA) is 84.4 Å². The van der Waals surface area contributed by atoms with Gasteiger partial charge in [-0.25, -0.2) is 0 Å². The van der Waals surface area contributed by atoms with E-state index in [1.165, 1.54) is 11.3 Å². The van der Waals surface area contributed by atoms with E-state index in [2.05, 4.69) is 15.5 Å². The van der Waals surface area contributed by atoms with Gasteiger partial charge in [0.25, 0.3) is 11.8 Å². The van der Waals surface area contributed by atoms with Crippen molar-refractivity contribution in [2.24, 2.45) is 0 Å². The van der Waals surface area contributed by atoms with Crippen molar-refractivity contribution in [2.45, 2.75) is 32.6 Å². The summed E-state index contributed by atoms with van der Waals surface area (Å²) in [7, 11) is 0. The maximum atomic E-state index is 12.8. The smallest absolute Gasteiger partial charge is 0.286 e. The second-order valence-electron chi connectivity index (χ2n) is 7.74. The fraction of sp³-hybridized carbons (Fsp3) is 0.333. The zero-order valence-corrected chi connectivity index (χ0v) is 19.0. The highest BCUT2D eigenvalue weighted by Gasteiger charge is 2.27. The van der Waals surface area contributed by atoms with Crippen LogP contribution in [-0.4, -0.2) is 46.6 Å². The molecule has 1 saturated heterocycles. The molecule has 32 heavy (non-hydrogen) atoms. The minimum absolute atomic E-state index is 0.0297. The first-order valence-corrected chi connectivity index (χ1v) is 11.6. The van der Waals surface area contributed by atoms with Crippen molar-refractivity contribution >= 4 is 28.8 Å². The molecule has 2 amide bonds. The number of aryl methyl sites for hydroxylation is 1. The van der Waals surface area contributed by atoms with Gasteiger partial charge in [-0.15, -0.1) is 10.2 Å². The number of amides is 2. The van der Waals surface area contributed by atoms with Crippen LogP contribution in [0.4, 0.5) is 5.69 Å². The Morgan fingerprint density at radius 1 is 1.09 bits per heavy atom. The number of benzene rings is 2. The van der Waals surface area contributed by atoms with E-state index in [-0.39, 0.29) is 17.7 Å². The van der Waals surface area contributed by atoms with Crippen LogP contribution in [0, 0.1) is 6.92 Å². The molecule has 0 aliphatic carbocycles. The fourth-order valence-electron chi connectivity index (χ4n) is 3.75. The van der Waals surface area contributed by atoms with Crippen LogP contribution in [0.25, 0.3) is 0 Å². The molecule has 0 radical (unpaired) electrons. The molecule has 8 heteroatoms. The molecule has 0 bridgehead atoms. The molecule has 3 aromatic rings. The highest BCUT2D eigenvalue weighted by Crippen LogP contribution is 2.31. The van der Waals surface area contributed by atoms with Gasteiger partial charge < -0.3 is 15.0 Å². The normalized spacial score (nSPS) is 14.2. The number of likely N-dealkylation sites (tertiary alicyclic amines) is 1. The Balaban J connectivity index is 1.33. The number of nitrogens with zero attached hydrogens (tertiary/aromatic N) is 3. The quantitative estimate of drug-likeness (QED) is 0.597. The largest absolute Gasteiger partial charge is 0.494 e. The average molecular weight is 451 g/mol. The second kappa shape index (κ2) is 9.91. The number of carbonyl (C=O) groups excluding carboxylic acids is 2. The van der Waals surface area contributed by atoms with Crippen LogP contribution >= 0.6 is 11.3 Å². The maximum absolute atomic E-state index is 12.8. The van der Waals surface area contributed by atoms with E-state index >= 15 is 0 Å². The zero-order chi connectivity index (χ0) is 22.5. The van der Waals surface area contributed by atoms with Crippen LogP contribution in [0.3, 0.4) is 0 Å². The van der Waals surface area contributed by atoms with Gasteiger partial charge in [0.2, 0.25) is 5.01 Å². The molecule has 4 rings (SSSR count). The van der Waals surface area contributed by atoms with Crippen LogP contribution in [0.1, 0.15) is 56.4 Å². The van der Waals surface area contributed by atoms with Gasteiger partial charge >= 0.3 is 0 Å². The van der Waals surface area contributed by atoms with Crippen molar-refractivity contribution in [1.82, 2.24) is 15.1 Å². The molecule has 1 fully saturated rings. The molecule has 2 aromatic carbocycles. The summed E-state index contributed by atoms with van der Waals surface area (Å²) in [5.41, 5.74) is 2.43. The first-order chi connectivity index (χ1) is 15.5. The lowest BCUT2D eigenvalue weighted by atomic mass is 9.97. The lowest BCUT2D eigenvalue weighted by Gasteiger charge is -2.31. The van der Waals surface area contributed by atoms with Gasteiger partial charge in [-0.2, -0.15) is 0 Å². The number of hydrogen-bond donors (Lipinski definition) is 1. The van der Waals surface area contributed by atoms with Gasteiger partial charge in [-0.3, -0.25) is 9.59 Å². The SMILES string of the molecule is CCOc1ccc(C(=O)N2CCC(c3nnc(C(=O)Nc4ccccc4C)s3)CC2)cc1. The summed E-state index contributed by atoms with van der Waals surface area (Å²) >= 11 is 1.33. The van der Waals surface area contributed by atoms with Crippen molar-refractivity contribution in [1.29, 1.82) is 0 Å². The predicted octanol–water partition coefficient (Wildman–Crippen LogP) is 4.52. The minimum atomic E-state index is -0.244. The predicted molar refractivity (Wildman–Crippen MR) is 125 cm³/mol. The zero-order valence-electron chi connectivity index (χ0n) is 18.2. The lowest BCUT2D eigenvalue weighted by Crippen LogP contribution is -2.37. The van der Waals surface area contributed by atoms with Crippen molar-refractivity contribution in [3.05, 3.63) is 69.7 Å². The van der Waals surface area contributed by atoms with Crippen LogP contribution in [0.2, 0.25) is 0 Å². The summed E-state index contributed by atoms with van der Waals surface area (Å²) in [5, 5.41) is 12.5. The summed E-state index contributed by atoms with van der Waals surface area (Å²) in [5.74, 6) is 0.756. The molecule has 1 N–H and O–H groups in total. The minimum Gasteiger partial charge on any atom is -0.494 e. The molecule has 2 heterocycles. The Morgan fingerprint density at radius 3 is 2.50 bits per heavy atom. The Hall–Kier alpha value is -3.26. The fourth-order valence-corrected chi connectivity index (χ4v) is 4.66. The Morgan fingerprint density at radius 2 is 1.81 bits per heavy atom. The van der Waals surface area contributed by atoms with E-state index in [4.69, 9.17) is 4.74 Å². The van der Waals surface area contributed by atoms with Gasteiger partial charge in [0.05, 0.1) is 6.61 Å². The van der Waals surface area contributed by atoms with Crippen molar-refractivity contribution in [2.75, 3.05) is 25.0 Å². The average Bonchev–Trinajstić information content (AvgIpc) is 3.32. The summed E-state index contributed by atoms with van der Waals surface area (Å²) in [6.07, 6.45) is 1.60. The first kappa shape index (κ1) is 22.0. The number of nitrogens with one attached hydrogen (secondary N) is 1. The second-order valence-corrected chi connectivity index (χ2v) is 8.75. The van der Waals surface area contributed by atoms with E-state index in [0.29, 0.717) is 30.3 Å². The first-order valence-electron chi connectivity index (χ1n) is 10.8. The number of para-hydroxylation sites is 1. The maximum Gasteiger partial charge on any atom is 0.286 e. The van der Waals surface area contributed by atoms with Crippen LogP contribution < -0.4 is 10.1 Å². The van der Waals surface area contributed by atoms with Crippen LogP contribution in [0.5, 0.6) is 5.75 Å².